The number of para-hydroxylation sites is 2. The molecule has 0 amide bonds. The van der Waals surface area contributed by atoms with Crippen molar-refractivity contribution in [2.75, 3.05) is 9.80 Å². The van der Waals surface area contributed by atoms with Gasteiger partial charge in [-0.1, -0.05) is 130 Å². The van der Waals surface area contributed by atoms with Gasteiger partial charge in [-0.05, 0) is 123 Å². The van der Waals surface area contributed by atoms with Crippen molar-refractivity contribution in [3.63, 3.8) is 0 Å². The summed E-state index contributed by atoms with van der Waals surface area (Å²) in [6, 6.07) is 14.2. The second-order valence-electron chi connectivity index (χ2n) is 19.8. The first kappa shape index (κ1) is 39.5. The molecule has 2 aromatic carbocycles. The number of nitrogens with zero attached hydrogens (tertiary/aromatic N) is 2. The summed E-state index contributed by atoms with van der Waals surface area (Å²) in [6.45, 7) is 25.6. The van der Waals surface area contributed by atoms with Gasteiger partial charge in [-0.15, -0.1) is 22.2 Å². The molecule has 0 unspecified atom stereocenters. The summed E-state index contributed by atoms with van der Waals surface area (Å²) in [5.41, 5.74) is 11.2. The van der Waals surface area contributed by atoms with E-state index < -0.39 is 6.69 Å². The Balaban J connectivity index is 1.69. The molecule has 282 valence electrons. The summed E-state index contributed by atoms with van der Waals surface area (Å²) >= 11 is 17.6. The maximum absolute atomic E-state index is 8.81. The first-order valence-corrected chi connectivity index (χ1v) is 24.8. The number of hydrogen-bond donors (Lipinski definition) is 0. The average Bonchev–Trinajstić information content (AvgIpc) is 3.42. The lowest BCUT2D eigenvalue weighted by molar-refractivity contribution is 0.209. The van der Waals surface area contributed by atoms with Gasteiger partial charge in [0.05, 0.1) is 11.3 Å². The van der Waals surface area contributed by atoms with Gasteiger partial charge in [-0.2, -0.15) is 0 Å². The molecule has 4 aliphatic rings. The largest absolute Gasteiger partial charge is 0.357 e. The Morgan fingerprint density at radius 2 is 0.765 bits per heavy atom. The second-order valence-corrected chi connectivity index (χ2v) is 25.9. The summed E-state index contributed by atoms with van der Waals surface area (Å²) in [4.78, 5) is 5.67. The molecular formula is C46H70Cl2N2Si. The highest BCUT2D eigenvalue weighted by molar-refractivity contribution is 7.50. The van der Waals surface area contributed by atoms with E-state index in [-0.39, 0.29) is 21.9 Å². The maximum Gasteiger partial charge on any atom is 0.305 e. The second kappa shape index (κ2) is 14.2. The van der Waals surface area contributed by atoms with Gasteiger partial charge >= 0.3 is 6.69 Å². The van der Waals surface area contributed by atoms with E-state index in [2.05, 4.69) is 129 Å². The molecule has 2 radical (unpaired) electrons. The van der Waals surface area contributed by atoms with Gasteiger partial charge in [-0.25, -0.2) is 0 Å². The Hall–Kier alpha value is -1.16. The van der Waals surface area contributed by atoms with Crippen molar-refractivity contribution in [2.45, 2.75) is 195 Å². The van der Waals surface area contributed by atoms with Crippen molar-refractivity contribution in [3.05, 3.63) is 70.0 Å². The van der Waals surface area contributed by atoms with Crippen LogP contribution in [-0.4, -0.2) is 17.8 Å². The van der Waals surface area contributed by atoms with Gasteiger partial charge in [0.25, 0.3) is 0 Å². The van der Waals surface area contributed by atoms with Crippen LogP contribution in [0.3, 0.4) is 0 Å². The first-order chi connectivity index (χ1) is 23.8. The highest BCUT2D eigenvalue weighted by Gasteiger charge is 2.73. The van der Waals surface area contributed by atoms with Gasteiger partial charge in [0.2, 0.25) is 0 Å². The Bertz CT molecular complexity index is 1380. The third-order valence-electron chi connectivity index (χ3n) is 13.6. The molecule has 0 N–H and O–H groups in total. The highest BCUT2D eigenvalue weighted by atomic mass is 35.7. The summed E-state index contributed by atoms with van der Waals surface area (Å²) in [7, 11) is 0. The molecule has 4 fully saturated rings. The molecule has 2 aliphatic heterocycles. The van der Waals surface area contributed by atoms with E-state index in [0.29, 0.717) is 23.7 Å². The van der Waals surface area contributed by atoms with E-state index in [0.717, 1.165) is 12.8 Å². The van der Waals surface area contributed by atoms with Crippen molar-refractivity contribution in [1.29, 1.82) is 0 Å². The van der Waals surface area contributed by atoms with Crippen molar-refractivity contribution < 1.29 is 0 Å². The van der Waals surface area contributed by atoms with E-state index in [9.17, 15) is 0 Å². The SMILES string of the molecule is CC(C)c1cccc(C(C)C)c1N1[C]([Si](Cl)(Cl)[C]2N(c3c(C(C)C)cccc3C(C)C)C(C)(C)CC23CCCCC3)C2(CCCCC2)CC1(C)C. The predicted molar refractivity (Wildman–Crippen MR) is 227 cm³/mol. The lowest BCUT2D eigenvalue weighted by atomic mass is 9.70. The minimum atomic E-state index is -3.43. The minimum absolute atomic E-state index is 0.00944. The maximum atomic E-state index is 8.81. The van der Waals surface area contributed by atoms with Crippen LogP contribution in [0.25, 0.3) is 0 Å². The molecule has 2 spiro atoms. The molecule has 2 aliphatic carbocycles. The molecule has 2 nitrogen and oxygen atoms in total. The van der Waals surface area contributed by atoms with E-state index in [1.165, 1.54) is 109 Å². The predicted octanol–water partition coefficient (Wildman–Crippen LogP) is 14.8. The molecule has 2 saturated heterocycles. The van der Waals surface area contributed by atoms with Crippen molar-refractivity contribution in [3.8, 4) is 0 Å². The van der Waals surface area contributed by atoms with Crippen LogP contribution >= 0.6 is 22.2 Å². The molecular weight excluding hydrogens is 680 g/mol. The van der Waals surface area contributed by atoms with Crippen LogP contribution in [0.1, 0.15) is 206 Å². The number of hydrogen-bond acceptors (Lipinski definition) is 2. The van der Waals surface area contributed by atoms with Gasteiger partial charge < -0.3 is 9.80 Å². The Morgan fingerprint density at radius 1 is 0.490 bits per heavy atom. The van der Waals surface area contributed by atoms with Crippen molar-refractivity contribution in [2.24, 2.45) is 10.8 Å². The third kappa shape index (κ3) is 6.66. The lowest BCUT2D eigenvalue weighted by Crippen LogP contribution is -2.61. The Morgan fingerprint density at radius 3 is 1.02 bits per heavy atom. The fourth-order valence-corrected chi connectivity index (χ4v) is 18.8. The molecule has 51 heavy (non-hydrogen) atoms. The number of halogens is 2. The lowest BCUT2D eigenvalue weighted by Gasteiger charge is -2.54. The van der Waals surface area contributed by atoms with E-state index in [1.54, 1.807) is 0 Å². The van der Waals surface area contributed by atoms with Crippen LogP contribution in [0.15, 0.2) is 36.4 Å². The van der Waals surface area contributed by atoms with Crippen LogP contribution in [0.4, 0.5) is 11.4 Å². The van der Waals surface area contributed by atoms with Crippen LogP contribution in [0, 0.1) is 22.2 Å². The standard InChI is InChI=1S/C46H70Cl2N2Si/c1-31(2)35-21-19-22-36(32(3)4)39(35)49-41(45(29-43(49,9)10)25-15-13-16-26-45)51(47,48)42-46(27-17-14-18-28-46)30-44(11,12)50(42)40-37(33(5)6)23-20-24-38(40)34(7)8/h19-24,31-34H,13-18,25-30H2,1-12H3. The normalized spacial score (nSPS) is 23.6. The van der Waals surface area contributed by atoms with E-state index >= 15 is 0 Å². The zero-order valence-corrected chi connectivity index (χ0v) is 36.9. The highest BCUT2D eigenvalue weighted by Crippen LogP contribution is 2.71. The number of anilines is 2. The van der Waals surface area contributed by atoms with Gasteiger partial charge in [-0.3, -0.25) is 0 Å². The summed E-state index contributed by atoms with van der Waals surface area (Å²) in [5.74, 6) is 1.58. The molecule has 5 heteroatoms. The van der Waals surface area contributed by atoms with Gasteiger partial charge in [0.1, 0.15) is 0 Å². The number of benzene rings is 2. The average molecular weight is 750 g/mol. The molecule has 0 atom stereocenters. The molecule has 2 heterocycles. The van der Waals surface area contributed by atoms with Crippen molar-refractivity contribution >= 4 is 40.2 Å². The zero-order chi connectivity index (χ0) is 37.3. The molecule has 2 aromatic rings. The van der Waals surface area contributed by atoms with Crippen LogP contribution < -0.4 is 9.80 Å². The molecule has 6 rings (SSSR count). The smallest absolute Gasteiger partial charge is 0.305 e. The van der Waals surface area contributed by atoms with Crippen LogP contribution in [0.2, 0.25) is 0 Å². The molecule has 0 bridgehead atoms. The summed E-state index contributed by atoms with van der Waals surface area (Å²) < 4.78 is 0. The molecule has 2 saturated carbocycles. The van der Waals surface area contributed by atoms with Crippen LogP contribution in [-0.2, 0) is 0 Å². The monoisotopic (exact) mass is 748 g/mol. The fraction of sp³-hybridized carbons (Fsp3) is 0.696. The fourth-order valence-electron chi connectivity index (χ4n) is 11.8. The van der Waals surface area contributed by atoms with E-state index in [1.807, 2.05) is 0 Å². The van der Waals surface area contributed by atoms with Crippen molar-refractivity contribution in [1.82, 2.24) is 0 Å². The Labute approximate surface area is 324 Å². The summed E-state index contributed by atoms with van der Waals surface area (Å²) in [6.07, 6.45) is 14.7. The van der Waals surface area contributed by atoms with Gasteiger partial charge in [0.15, 0.2) is 0 Å². The minimum Gasteiger partial charge on any atom is -0.357 e. The first-order valence-electron chi connectivity index (χ1n) is 20.8. The van der Waals surface area contributed by atoms with E-state index in [4.69, 9.17) is 22.2 Å². The van der Waals surface area contributed by atoms with Crippen LogP contribution in [0.5, 0.6) is 0 Å². The topological polar surface area (TPSA) is 6.48 Å². The van der Waals surface area contributed by atoms with Gasteiger partial charge in [0, 0.05) is 22.5 Å². The quantitative estimate of drug-likeness (QED) is 0.196. The summed E-state index contributed by atoms with van der Waals surface area (Å²) in [5, 5.41) is 0. The third-order valence-corrected chi connectivity index (χ3v) is 18.4. The molecule has 0 aromatic heterocycles. The number of rotatable bonds is 8. The zero-order valence-electron chi connectivity index (χ0n) is 34.4. The Kier molecular flexibility index (Phi) is 11.0.